The minimum absolute atomic E-state index is 0.326. The summed E-state index contributed by atoms with van der Waals surface area (Å²) in [4.78, 5) is 10.1. The minimum Gasteiger partial charge on any atom is -0.331 e. The van der Waals surface area contributed by atoms with Gasteiger partial charge in [-0.2, -0.15) is 0 Å². The van der Waals surface area contributed by atoms with Crippen LogP contribution < -0.4 is 4.90 Å². The van der Waals surface area contributed by atoms with Crippen molar-refractivity contribution in [2.75, 3.05) is 11.9 Å². The maximum absolute atomic E-state index is 5.88. The quantitative estimate of drug-likeness (QED) is 0.442. The first-order chi connectivity index (χ1) is 5.70. The van der Waals surface area contributed by atoms with Gasteiger partial charge in [0.2, 0.25) is 0 Å². The van der Waals surface area contributed by atoms with Gasteiger partial charge in [0.05, 0.1) is 12.5 Å². The van der Waals surface area contributed by atoms with Gasteiger partial charge in [-0.3, -0.25) is 4.99 Å². The molecule has 0 bridgehead atoms. The van der Waals surface area contributed by atoms with Crippen molar-refractivity contribution in [1.82, 2.24) is 9.55 Å². The zero-order chi connectivity index (χ0) is 8.72. The summed E-state index contributed by atoms with van der Waals surface area (Å²) in [7, 11) is 3.81. The van der Waals surface area contributed by atoms with E-state index in [2.05, 4.69) is 9.98 Å². The van der Waals surface area contributed by atoms with Gasteiger partial charge < -0.3 is 9.47 Å². The molecular weight excluding hydrogens is 176 g/mol. The van der Waals surface area contributed by atoms with Crippen LogP contribution in [0.1, 0.15) is 5.69 Å². The fourth-order valence-corrected chi connectivity index (χ4v) is 1.33. The molecule has 1 unspecified atom stereocenters. The Morgan fingerprint density at radius 3 is 3.00 bits per heavy atom. The van der Waals surface area contributed by atoms with Gasteiger partial charge in [0.15, 0.2) is 11.4 Å². The number of aryl methyl sites for hydroxylation is 1. The summed E-state index contributed by atoms with van der Waals surface area (Å²) >= 11 is 5.88. The van der Waals surface area contributed by atoms with Crippen LogP contribution in [-0.4, -0.2) is 28.4 Å². The molecule has 0 N–H and O–H groups in total. The van der Waals surface area contributed by atoms with Crippen LogP contribution in [0.25, 0.3) is 0 Å². The average Bonchev–Trinajstić information content (AvgIpc) is 2.41. The van der Waals surface area contributed by atoms with E-state index in [1.165, 1.54) is 0 Å². The van der Waals surface area contributed by atoms with Crippen molar-refractivity contribution in [3.8, 4) is 0 Å². The Bertz CT molecular complexity index is 330. The molecule has 1 atom stereocenters. The lowest BCUT2D eigenvalue weighted by molar-refractivity contribution is 0.829. The predicted octanol–water partition coefficient (Wildman–Crippen LogP) is 0.811. The number of anilines is 1. The number of halogens is 1. The molecule has 1 aliphatic heterocycles. The summed E-state index contributed by atoms with van der Waals surface area (Å²) in [5, 5.41) is 0. The maximum atomic E-state index is 5.88. The van der Waals surface area contributed by atoms with E-state index in [0.29, 0.717) is 0 Å². The third-order valence-corrected chi connectivity index (χ3v) is 2.34. The molecule has 2 heterocycles. The van der Waals surface area contributed by atoms with Crippen molar-refractivity contribution in [3.63, 3.8) is 0 Å². The van der Waals surface area contributed by atoms with Gasteiger partial charge in [0, 0.05) is 14.1 Å². The first-order valence-electron chi connectivity index (χ1n) is 3.61. The summed E-state index contributed by atoms with van der Waals surface area (Å²) < 4.78 is 1.91. The fourth-order valence-electron chi connectivity index (χ4n) is 1.18. The lowest BCUT2D eigenvalue weighted by Gasteiger charge is -2.23. The van der Waals surface area contributed by atoms with Crippen LogP contribution >= 0.6 is 11.6 Å². The van der Waals surface area contributed by atoms with E-state index in [9.17, 15) is 0 Å². The number of fused-ring (bicyclic) bond motifs is 1. The second-order valence-electron chi connectivity index (χ2n) is 2.76. The Hall–Kier alpha value is -1.03. The molecule has 0 aromatic carbocycles. The molecule has 0 saturated carbocycles. The van der Waals surface area contributed by atoms with E-state index < -0.39 is 0 Å². The zero-order valence-electron chi connectivity index (χ0n) is 6.90. The molecule has 4 nitrogen and oxygen atoms in total. The highest BCUT2D eigenvalue weighted by Crippen LogP contribution is 2.23. The van der Waals surface area contributed by atoms with E-state index >= 15 is 0 Å². The molecule has 0 aliphatic carbocycles. The van der Waals surface area contributed by atoms with Gasteiger partial charge in [0.1, 0.15) is 5.69 Å². The monoisotopic (exact) mass is 184 g/mol. The topological polar surface area (TPSA) is 33.4 Å². The Morgan fingerprint density at radius 1 is 1.50 bits per heavy atom. The number of aromatic nitrogens is 2. The first kappa shape index (κ1) is 7.61. The van der Waals surface area contributed by atoms with Crippen LogP contribution in [0.5, 0.6) is 0 Å². The van der Waals surface area contributed by atoms with Gasteiger partial charge in [-0.05, 0) is 0 Å². The number of aliphatic imine (C=N–C) groups is 1. The van der Waals surface area contributed by atoms with Crippen LogP contribution in [0.3, 0.4) is 0 Å². The standard InChI is InChI=1S/C7H9ClN4/c1-11-4-10-6-5(11)3-9-7(8)12(6)2/h3-4,7H,1-2H3. The summed E-state index contributed by atoms with van der Waals surface area (Å²) in [6.45, 7) is 0. The van der Waals surface area contributed by atoms with Crippen molar-refractivity contribution < 1.29 is 0 Å². The number of alkyl halides is 1. The smallest absolute Gasteiger partial charge is 0.198 e. The van der Waals surface area contributed by atoms with Gasteiger partial charge in [-0.15, -0.1) is 0 Å². The van der Waals surface area contributed by atoms with E-state index in [-0.39, 0.29) is 5.62 Å². The third-order valence-electron chi connectivity index (χ3n) is 1.94. The molecule has 0 fully saturated rings. The van der Waals surface area contributed by atoms with E-state index in [4.69, 9.17) is 11.6 Å². The molecule has 5 heteroatoms. The minimum atomic E-state index is -0.326. The van der Waals surface area contributed by atoms with Crippen LogP contribution in [-0.2, 0) is 7.05 Å². The number of imidazole rings is 1. The number of hydrogen-bond donors (Lipinski definition) is 0. The third kappa shape index (κ3) is 0.914. The molecule has 1 aromatic heterocycles. The average molecular weight is 185 g/mol. The maximum Gasteiger partial charge on any atom is 0.198 e. The highest BCUT2D eigenvalue weighted by Gasteiger charge is 2.20. The summed E-state index contributed by atoms with van der Waals surface area (Å²) in [5.74, 6) is 0.882. The number of nitrogens with zero attached hydrogens (tertiary/aromatic N) is 4. The molecule has 2 rings (SSSR count). The Morgan fingerprint density at radius 2 is 2.25 bits per heavy atom. The zero-order valence-corrected chi connectivity index (χ0v) is 7.65. The Labute approximate surface area is 75.5 Å². The van der Waals surface area contributed by atoms with Crippen LogP contribution in [0.2, 0.25) is 0 Å². The summed E-state index contributed by atoms with van der Waals surface area (Å²) in [6.07, 6.45) is 3.50. The predicted molar refractivity (Wildman–Crippen MR) is 48.8 cm³/mol. The molecular formula is C7H9ClN4. The van der Waals surface area contributed by atoms with E-state index in [1.54, 1.807) is 12.5 Å². The molecule has 0 radical (unpaired) electrons. The number of rotatable bonds is 0. The second kappa shape index (κ2) is 2.48. The normalized spacial score (nSPS) is 21.2. The summed E-state index contributed by atoms with van der Waals surface area (Å²) in [6, 6.07) is 0. The molecule has 1 aromatic rings. The summed E-state index contributed by atoms with van der Waals surface area (Å²) in [5.41, 5.74) is 0.668. The molecule has 0 amide bonds. The van der Waals surface area contributed by atoms with Crippen molar-refractivity contribution in [2.24, 2.45) is 12.0 Å². The highest BCUT2D eigenvalue weighted by molar-refractivity contribution is 6.22. The SMILES string of the molecule is CN1c2ncn(C)c2C=NC1Cl. The lowest BCUT2D eigenvalue weighted by atomic mass is 10.4. The van der Waals surface area contributed by atoms with Crippen LogP contribution in [0, 0.1) is 0 Å². The fraction of sp³-hybridized carbons (Fsp3) is 0.429. The van der Waals surface area contributed by atoms with Crippen LogP contribution in [0.4, 0.5) is 5.82 Å². The second-order valence-corrected chi connectivity index (χ2v) is 3.15. The van der Waals surface area contributed by atoms with Crippen molar-refractivity contribution >= 4 is 23.6 Å². The van der Waals surface area contributed by atoms with Gasteiger partial charge in [0.25, 0.3) is 0 Å². The lowest BCUT2D eigenvalue weighted by Crippen LogP contribution is -2.29. The molecule has 1 aliphatic rings. The van der Waals surface area contributed by atoms with Crippen molar-refractivity contribution in [3.05, 3.63) is 12.0 Å². The van der Waals surface area contributed by atoms with Crippen molar-refractivity contribution in [1.29, 1.82) is 0 Å². The van der Waals surface area contributed by atoms with Crippen LogP contribution in [0.15, 0.2) is 11.3 Å². The Kier molecular flexibility index (Phi) is 1.58. The number of hydrogen-bond acceptors (Lipinski definition) is 3. The Balaban J connectivity index is 2.53. The van der Waals surface area contributed by atoms with Gasteiger partial charge in [-0.1, -0.05) is 11.6 Å². The van der Waals surface area contributed by atoms with Gasteiger partial charge in [-0.25, -0.2) is 4.98 Å². The molecule has 64 valence electrons. The molecule has 0 saturated heterocycles. The van der Waals surface area contributed by atoms with Gasteiger partial charge >= 0.3 is 0 Å². The largest absolute Gasteiger partial charge is 0.331 e. The molecule has 0 spiro atoms. The van der Waals surface area contributed by atoms with E-state index in [0.717, 1.165) is 11.5 Å². The first-order valence-corrected chi connectivity index (χ1v) is 4.05. The molecule has 12 heavy (non-hydrogen) atoms. The van der Waals surface area contributed by atoms with E-state index in [1.807, 2.05) is 23.6 Å². The van der Waals surface area contributed by atoms with Crippen molar-refractivity contribution in [2.45, 2.75) is 5.62 Å². The highest BCUT2D eigenvalue weighted by atomic mass is 35.5.